The Kier molecular flexibility index (Phi) is 4.52. The van der Waals surface area contributed by atoms with Gasteiger partial charge in [-0.15, -0.1) is 0 Å². The Morgan fingerprint density at radius 1 is 1.39 bits per heavy atom. The molecular weight excluding hydrogens is 292 g/mol. The van der Waals surface area contributed by atoms with Crippen LogP contribution in [-0.4, -0.2) is 37.4 Å². The molecule has 0 saturated carbocycles. The number of hydrogen-bond donors (Lipinski definition) is 1. The summed E-state index contributed by atoms with van der Waals surface area (Å²) in [4.78, 5) is 14.5. The fourth-order valence-electron chi connectivity index (χ4n) is 3.45. The molecule has 1 aliphatic heterocycles. The predicted molar refractivity (Wildman–Crippen MR) is 88.5 cm³/mol. The van der Waals surface area contributed by atoms with Gasteiger partial charge in [-0.3, -0.25) is 9.47 Å². The van der Waals surface area contributed by atoms with Gasteiger partial charge in [0.2, 0.25) is 0 Å². The lowest BCUT2D eigenvalue weighted by Crippen LogP contribution is -2.35. The van der Waals surface area contributed by atoms with Gasteiger partial charge in [0.1, 0.15) is 11.6 Å². The Hall–Kier alpha value is -2.08. The molecule has 6 heteroatoms. The van der Waals surface area contributed by atoms with E-state index in [0.717, 1.165) is 43.9 Å². The van der Waals surface area contributed by atoms with E-state index in [0.29, 0.717) is 12.3 Å². The molecule has 1 aromatic carbocycles. The molecule has 2 heterocycles. The van der Waals surface area contributed by atoms with Crippen LogP contribution in [0.2, 0.25) is 0 Å². The maximum atomic E-state index is 12.1. The van der Waals surface area contributed by atoms with E-state index in [1.165, 1.54) is 4.68 Å². The number of hydrogen-bond acceptors (Lipinski definition) is 4. The van der Waals surface area contributed by atoms with Crippen molar-refractivity contribution in [1.29, 1.82) is 0 Å². The summed E-state index contributed by atoms with van der Waals surface area (Å²) in [5, 5.41) is 14.1. The Bertz CT molecular complexity index is 734. The molecule has 1 atom stereocenters. The van der Waals surface area contributed by atoms with Crippen LogP contribution in [0.1, 0.15) is 37.1 Å². The summed E-state index contributed by atoms with van der Waals surface area (Å²) in [6, 6.07) is 7.41. The molecule has 1 saturated heterocycles. The summed E-state index contributed by atoms with van der Waals surface area (Å²) < 4.78 is 3.22. The summed E-state index contributed by atoms with van der Waals surface area (Å²) in [5.74, 6) is 1.50. The SMILES string of the molecule is CCn1c(C2CCCN(Cc3cccc(O)c3)C2)nn(C)c1=O. The monoisotopic (exact) mass is 316 g/mol. The van der Waals surface area contributed by atoms with E-state index in [-0.39, 0.29) is 11.6 Å². The standard InChI is InChI=1S/C17H24N4O2/c1-3-21-16(18-19(2)17(21)23)14-7-5-9-20(12-14)11-13-6-4-8-15(22)10-13/h4,6,8,10,14,22H,3,5,7,9,11-12H2,1-2H3. The molecule has 0 amide bonds. The maximum Gasteiger partial charge on any atom is 0.345 e. The number of rotatable bonds is 4. The molecule has 2 aromatic rings. The quantitative estimate of drug-likeness (QED) is 0.932. The van der Waals surface area contributed by atoms with Crippen molar-refractivity contribution in [2.75, 3.05) is 13.1 Å². The van der Waals surface area contributed by atoms with Crippen LogP contribution in [0.4, 0.5) is 0 Å². The minimum absolute atomic E-state index is 0.0346. The highest BCUT2D eigenvalue weighted by Gasteiger charge is 2.26. The molecule has 6 nitrogen and oxygen atoms in total. The zero-order valence-electron chi connectivity index (χ0n) is 13.8. The first-order valence-electron chi connectivity index (χ1n) is 8.22. The van der Waals surface area contributed by atoms with Crippen molar-refractivity contribution in [1.82, 2.24) is 19.2 Å². The highest BCUT2D eigenvalue weighted by molar-refractivity contribution is 5.27. The zero-order chi connectivity index (χ0) is 16.4. The number of benzene rings is 1. The molecule has 0 spiro atoms. The minimum atomic E-state index is -0.0346. The van der Waals surface area contributed by atoms with Crippen LogP contribution >= 0.6 is 0 Å². The average Bonchev–Trinajstić information content (AvgIpc) is 2.82. The second-order valence-electron chi connectivity index (χ2n) is 6.25. The van der Waals surface area contributed by atoms with Crippen LogP contribution < -0.4 is 5.69 Å². The van der Waals surface area contributed by atoms with E-state index in [9.17, 15) is 9.90 Å². The van der Waals surface area contributed by atoms with Gasteiger partial charge in [-0.25, -0.2) is 9.48 Å². The number of aromatic hydroxyl groups is 1. The smallest absolute Gasteiger partial charge is 0.345 e. The first kappa shape index (κ1) is 15.8. The second-order valence-corrected chi connectivity index (χ2v) is 6.25. The van der Waals surface area contributed by atoms with Crippen molar-refractivity contribution < 1.29 is 5.11 Å². The van der Waals surface area contributed by atoms with Crippen molar-refractivity contribution >= 4 is 0 Å². The molecular formula is C17H24N4O2. The van der Waals surface area contributed by atoms with Crippen molar-refractivity contribution in [3.8, 4) is 5.75 Å². The Morgan fingerprint density at radius 3 is 2.96 bits per heavy atom. The summed E-state index contributed by atoms with van der Waals surface area (Å²) in [6.45, 7) is 5.39. The number of aromatic nitrogens is 3. The highest BCUT2D eigenvalue weighted by Crippen LogP contribution is 2.26. The van der Waals surface area contributed by atoms with Gasteiger partial charge in [0, 0.05) is 32.6 Å². The minimum Gasteiger partial charge on any atom is -0.508 e. The third-order valence-corrected chi connectivity index (χ3v) is 4.54. The molecule has 0 bridgehead atoms. The van der Waals surface area contributed by atoms with Crippen LogP contribution in [0.5, 0.6) is 5.75 Å². The first-order valence-corrected chi connectivity index (χ1v) is 8.22. The van der Waals surface area contributed by atoms with Gasteiger partial charge >= 0.3 is 5.69 Å². The molecule has 0 aliphatic carbocycles. The lowest BCUT2D eigenvalue weighted by atomic mass is 9.96. The number of nitrogens with zero attached hydrogens (tertiary/aromatic N) is 4. The van der Waals surface area contributed by atoms with Crippen LogP contribution in [-0.2, 0) is 20.1 Å². The number of aryl methyl sites for hydroxylation is 1. The van der Waals surface area contributed by atoms with E-state index < -0.39 is 0 Å². The number of phenolic OH excluding ortho intramolecular Hbond substituents is 1. The number of phenols is 1. The Morgan fingerprint density at radius 2 is 2.22 bits per heavy atom. The lowest BCUT2D eigenvalue weighted by Gasteiger charge is -2.32. The maximum absolute atomic E-state index is 12.1. The first-order chi connectivity index (χ1) is 11.1. The van der Waals surface area contributed by atoms with Crippen molar-refractivity contribution in [3.05, 3.63) is 46.1 Å². The van der Waals surface area contributed by atoms with Crippen LogP contribution in [0.3, 0.4) is 0 Å². The molecule has 1 fully saturated rings. The molecule has 23 heavy (non-hydrogen) atoms. The second kappa shape index (κ2) is 6.58. The van der Waals surface area contributed by atoms with Crippen molar-refractivity contribution in [2.24, 2.45) is 7.05 Å². The van der Waals surface area contributed by atoms with Crippen LogP contribution in [0.25, 0.3) is 0 Å². The fourth-order valence-corrected chi connectivity index (χ4v) is 3.45. The molecule has 124 valence electrons. The molecule has 0 radical (unpaired) electrons. The highest BCUT2D eigenvalue weighted by atomic mass is 16.3. The van der Waals surface area contributed by atoms with Gasteiger partial charge < -0.3 is 5.11 Å². The molecule has 3 rings (SSSR count). The number of likely N-dealkylation sites (tertiary alicyclic amines) is 1. The molecule has 1 unspecified atom stereocenters. The summed E-state index contributed by atoms with van der Waals surface area (Å²) in [5.41, 5.74) is 1.08. The summed E-state index contributed by atoms with van der Waals surface area (Å²) in [6.07, 6.45) is 2.16. The summed E-state index contributed by atoms with van der Waals surface area (Å²) in [7, 11) is 1.71. The van der Waals surface area contributed by atoms with Crippen LogP contribution in [0.15, 0.2) is 29.1 Å². The van der Waals surface area contributed by atoms with Crippen molar-refractivity contribution in [3.63, 3.8) is 0 Å². The predicted octanol–water partition coefficient (Wildman–Crippen LogP) is 1.69. The van der Waals surface area contributed by atoms with Crippen molar-refractivity contribution in [2.45, 2.75) is 38.8 Å². The molecule has 1 aromatic heterocycles. The topological polar surface area (TPSA) is 63.3 Å². The van der Waals surface area contributed by atoms with E-state index in [4.69, 9.17) is 0 Å². The zero-order valence-corrected chi connectivity index (χ0v) is 13.8. The van der Waals surface area contributed by atoms with Gasteiger partial charge in [0.25, 0.3) is 0 Å². The third kappa shape index (κ3) is 3.32. The van der Waals surface area contributed by atoms with Gasteiger partial charge in [-0.2, -0.15) is 5.10 Å². The van der Waals surface area contributed by atoms with Gasteiger partial charge in [-0.1, -0.05) is 12.1 Å². The average molecular weight is 316 g/mol. The van der Waals surface area contributed by atoms with E-state index >= 15 is 0 Å². The van der Waals surface area contributed by atoms with Crippen LogP contribution in [0, 0.1) is 0 Å². The van der Waals surface area contributed by atoms with Gasteiger partial charge in [-0.05, 0) is 44.0 Å². The Balaban J connectivity index is 1.76. The fraction of sp³-hybridized carbons (Fsp3) is 0.529. The van der Waals surface area contributed by atoms with E-state index in [1.54, 1.807) is 17.7 Å². The third-order valence-electron chi connectivity index (χ3n) is 4.54. The molecule has 1 aliphatic rings. The Labute approximate surface area is 136 Å². The largest absolute Gasteiger partial charge is 0.508 e. The normalized spacial score (nSPS) is 19.1. The van der Waals surface area contributed by atoms with E-state index in [1.807, 2.05) is 25.1 Å². The van der Waals surface area contributed by atoms with E-state index in [2.05, 4.69) is 10.00 Å². The van der Waals surface area contributed by atoms with Gasteiger partial charge in [0.05, 0.1) is 0 Å². The number of piperidine rings is 1. The van der Waals surface area contributed by atoms with Gasteiger partial charge in [0.15, 0.2) is 0 Å². The lowest BCUT2D eigenvalue weighted by molar-refractivity contribution is 0.194. The molecule has 1 N–H and O–H groups in total. The summed E-state index contributed by atoms with van der Waals surface area (Å²) >= 11 is 0.